The van der Waals surface area contributed by atoms with Gasteiger partial charge in [-0.05, 0) is 29.8 Å². The van der Waals surface area contributed by atoms with Crippen LogP contribution < -0.4 is 5.32 Å². The molecule has 0 aliphatic carbocycles. The lowest BCUT2D eigenvalue weighted by Gasteiger charge is -2.26. The molecular formula is C22H22ClN3O3S. The Morgan fingerprint density at radius 2 is 2.07 bits per heavy atom. The number of ether oxygens (including phenoxy) is 1. The van der Waals surface area contributed by atoms with Gasteiger partial charge in [-0.15, -0.1) is 11.3 Å². The van der Waals surface area contributed by atoms with Crippen molar-refractivity contribution in [2.75, 3.05) is 31.6 Å². The quantitative estimate of drug-likeness (QED) is 0.559. The fourth-order valence-corrected chi connectivity index (χ4v) is 4.30. The van der Waals surface area contributed by atoms with Crippen LogP contribution in [0.25, 0.3) is 10.6 Å². The molecule has 6 nitrogen and oxygen atoms in total. The molecule has 2 N–H and O–H groups in total. The maximum Gasteiger partial charge on any atom is 0.230 e. The van der Waals surface area contributed by atoms with Crippen LogP contribution in [-0.4, -0.2) is 47.2 Å². The first-order chi connectivity index (χ1) is 14.6. The van der Waals surface area contributed by atoms with Crippen molar-refractivity contribution in [1.82, 2.24) is 9.88 Å². The number of rotatable bonds is 6. The van der Waals surface area contributed by atoms with Crippen molar-refractivity contribution < 1.29 is 14.6 Å². The number of aromatic hydroxyl groups is 1. The Labute approximate surface area is 184 Å². The van der Waals surface area contributed by atoms with Crippen LogP contribution >= 0.6 is 22.9 Å². The highest BCUT2D eigenvalue weighted by molar-refractivity contribution is 7.13. The van der Waals surface area contributed by atoms with E-state index in [1.54, 1.807) is 6.07 Å². The van der Waals surface area contributed by atoms with Gasteiger partial charge in [-0.25, -0.2) is 4.98 Å². The number of nitrogens with one attached hydrogen (secondary N) is 1. The number of hydrogen-bond acceptors (Lipinski definition) is 6. The first kappa shape index (κ1) is 20.8. The summed E-state index contributed by atoms with van der Waals surface area (Å²) in [5.74, 6) is -0.283. The summed E-state index contributed by atoms with van der Waals surface area (Å²) < 4.78 is 5.41. The number of carbonyl (C=O) groups excluding carboxylic acids is 1. The van der Waals surface area contributed by atoms with Gasteiger partial charge in [0.2, 0.25) is 5.91 Å². The monoisotopic (exact) mass is 443 g/mol. The van der Waals surface area contributed by atoms with E-state index in [0.717, 1.165) is 43.4 Å². The Balaban J connectivity index is 1.40. The molecule has 2 aromatic carbocycles. The molecule has 3 aromatic rings. The van der Waals surface area contributed by atoms with E-state index in [0.29, 0.717) is 16.4 Å². The third-order valence-corrected chi connectivity index (χ3v) is 5.99. The van der Waals surface area contributed by atoms with E-state index in [4.69, 9.17) is 16.3 Å². The molecule has 1 aromatic heterocycles. The van der Waals surface area contributed by atoms with Crippen LogP contribution in [0, 0.1) is 0 Å². The van der Waals surface area contributed by atoms with E-state index in [9.17, 15) is 9.90 Å². The molecule has 156 valence electrons. The summed E-state index contributed by atoms with van der Waals surface area (Å²) in [6.07, 6.45) is 0.121. The van der Waals surface area contributed by atoms with E-state index in [1.165, 1.54) is 29.0 Å². The van der Waals surface area contributed by atoms with Crippen LogP contribution in [0.15, 0.2) is 47.8 Å². The average Bonchev–Trinajstić information content (AvgIpc) is 3.20. The SMILES string of the molecule is O=C(Cc1csc(-c2cccc(CN3CCOCC3)c2)n1)Nc1cc(Cl)ccc1O. The Hall–Kier alpha value is -2.45. The number of morpholine rings is 1. The van der Waals surface area contributed by atoms with E-state index in [2.05, 4.69) is 27.3 Å². The molecule has 0 atom stereocenters. The zero-order chi connectivity index (χ0) is 20.9. The smallest absolute Gasteiger partial charge is 0.230 e. The standard InChI is InChI=1S/C22H22ClN3O3S/c23-17-4-5-20(27)19(11-17)25-21(28)12-18-14-30-22(24-18)16-3-1-2-15(10-16)13-26-6-8-29-9-7-26/h1-5,10-11,14,27H,6-9,12-13H2,(H,25,28). The summed E-state index contributed by atoms with van der Waals surface area (Å²) in [6.45, 7) is 4.35. The normalized spacial score (nSPS) is 14.6. The lowest BCUT2D eigenvalue weighted by Crippen LogP contribution is -2.35. The topological polar surface area (TPSA) is 74.7 Å². The minimum absolute atomic E-state index is 0.0243. The summed E-state index contributed by atoms with van der Waals surface area (Å²) in [5.41, 5.74) is 3.26. The minimum atomic E-state index is -0.259. The molecule has 1 fully saturated rings. The van der Waals surface area contributed by atoms with Crippen LogP contribution in [0.3, 0.4) is 0 Å². The summed E-state index contributed by atoms with van der Waals surface area (Å²) in [6, 6.07) is 12.9. The molecule has 2 heterocycles. The molecule has 4 rings (SSSR count). The maximum absolute atomic E-state index is 12.4. The van der Waals surface area contributed by atoms with Gasteiger partial charge in [0.1, 0.15) is 10.8 Å². The van der Waals surface area contributed by atoms with Crippen molar-refractivity contribution in [3.8, 4) is 16.3 Å². The number of halogens is 1. The van der Waals surface area contributed by atoms with Gasteiger partial charge in [0.15, 0.2) is 0 Å². The predicted molar refractivity (Wildman–Crippen MR) is 119 cm³/mol. The zero-order valence-electron chi connectivity index (χ0n) is 16.3. The Bertz CT molecular complexity index is 1030. The molecule has 8 heteroatoms. The summed E-state index contributed by atoms with van der Waals surface area (Å²) >= 11 is 7.44. The third-order valence-electron chi connectivity index (χ3n) is 4.81. The summed E-state index contributed by atoms with van der Waals surface area (Å²) in [5, 5.41) is 15.7. The predicted octanol–water partition coefficient (Wildman–Crippen LogP) is 4.18. The first-order valence-corrected chi connectivity index (χ1v) is 10.9. The second kappa shape index (κ2) is 9.57. The second-order valence-electron chi connectivity index (χ2n) is 7.12. The highest BCUT2D eigenvalue weighted by Crippen LogP contribution is 2.28. The van der Waals surface area contributed by atoms with Crippen molar-refractivity contribution in [3.63, 3.8) is 0 Å². The van der Waals surface area contributed by atoms with Crippen molar-refractivity contribution in [2.45, 2.75) is 13.0 Å². The number of hydrogen-bond donors (Lipinski definition) is 2. The first-order valence-electron chi connectivity index (χ1n) is 9.69. The number of anilines is 1. The summed E-state index contributed by atoms with van der Waals surface area (Å²) in [4.78, 5) is 19.4. The molecule has 0 radical (unpaired) electrons. The van der Waals surface area contributed by atoms with E-state index in [1.807, 2.05) is 17.5 Å². The van der Waals surface area contributed by atoms with E-state index in [-0.39, 0.29) is 18.1 Å². The highest BCUT2D eigenvalue weighted by Gasteiger charge is 2.13. The van der Waals surface area contributed by atoms with Gasteiger partial charge in [0.25, 0.3) is 0 Å². The van der Waals surface area contributed by atoms with Crippen molar-refractivity contribution in [1.29, 1.82) is 0 Å². The highest BCUT2D eigenvalue weighted by atomic mass is 35.5. The van der Waals surface area contributed by atoms with Crippen LogP contribution in [0.4, 0.5) is 5.69 Å². The number of nitrogens with zero attached hydrogens (tertiary/aromatic N) is 2. The number of phenolic OH excluding ortho intramolecular Hbond substituents is 1. The van der Waals surface area contributed by atoms with Gasteiger partial charge in [-0.3, -0.25) is 9.69 Å². The molecule has 0 bridgehead atoms. The number of aromatic nitrogens is 1. The minimum Gasteiger partial charge on any atom is -0.506 e. The Morgan fingerprint density at radius 1 is 1.23 bits per heavy atom. The van der Waals surface area contributed by atoms with Gasteiger partial charge >= 0.3 is 0 Å². The number of carbonyl (C=O) groups is 1. The van der Waals surface area contributed by atoms with Crippen LogP contribution in [0.1, 0.15) is 11.3 Å². The second-order valence-corrected chi connectivity index (χ2v) is 8.41. The van der Waals surface area contributed by atoms with Gasteiger partial charge in [-0.1, -0.05) is 29.8 Å². The Kier molecular flexibility index (Phi) is 6.64. The third kappa shape index (κ3) is 5.37. The maximum atomic E-state index is 12.4. The molecule has 1 aliphatic rings. The average molecular weight is 444 g/mol. The molecule has 1 amide bonds. The fraction of sp³-hybridized carbons (Fsp3) is 0.273. The van der Waals surface area contributed by atoms with E-state index < -0.39 is 0 Å². The molecule has 0 spiro atoms. The Morgan fingerprint density at radius 3 is 2.90 bits per heavy atom. The lowest BCUT2D eigenvalue weighted by atomic mass is 10.1. The van der Waals surface area contributed by atoms with Crippen LogP contribution in [0.5, 0.6) is 5.75 Å². The number of benzene rings is 2. The van der Waals surface area contributed by atoms with Crippen LogP contribution in [-0.2, 0) is 22.5 Å². The molecule has 0 saturated carbocycles. The van der Waals surface area contributed by atoms with E-state index >= 15 is 0 Å². The molecular weight excluding hydrogens is 422 g/mol. The van der Waals surface area contributed by atoms with Gasteiger partial charge < -0.3 is 15.2 Å². The van der Waals surface area contributed by atoms with Gasteiger partial charge in [0, 0.05) is 35.6 Å². The molecule has 1 saturated heterocycles. The summed E-state index contributed by atoms with van der Waals surface area (Å²) in [7, 11) is 0. The van der Waals surface area contributed by atoms with Crippen molar-refractivity contribution in [2.24, 2.45) is 0 Å². The number of phenols is 1. The van der Waals surface area contributed by atoms with Crippen LogP contribution in [0.2, 0.25) is 5.02 Å². The van der Waals surface area contributed by atoms with Gasteiger partial charge in [0.05, 0.1) is 31.0 Å². The van der Waals surface area contributed by atoms with Crippen molar-refractivity contribution >= 4 is 34.5 Å². The largest absolute Gasteiger partial charge is 0.506 e. The molecule has 1 aliphatic heterocycles. The van der Waals surface area contributed by atoms with Crippen molar-refractivity contribution in [3.05, 3.63) is 64.1 Å². The fourth-order valence-electron chi connectivity index (χ4n) is 3.31. The zero-order valence-corrected chi connectivity index (χ0v) is 17.9. The molecule has 30 heavy (non-hydrogen) atoms. The lowest BCUT2D eigenvalue weighted by molar-refractivity contribution is -0.115. The van der Waals surface area contributed by atoms with Gasteiger partial charge in [-0.2, -0.15) is 0 Å². The molecule has 0 unspecified atom stereocenters. The number of thiazole rings is 1. The number of amides is 1.